The average molecular weight is 248 g/mol. The topological polar surface area (TPSA) is 67.3 Å². The summed E-state index contributed by atoms with van der Waals surface area (Å²) in [6.07, 6.45) is 1.04. The van der Waals surface area contributed by atoms with Crippen molar-refractivity contribution in [2.45, 2.75) is 19.4 Å². The minimum absolute atomic E-state index is 0.317. The first-order valence-electron chi connectivity index (χ1n) is 6.12. The van der Waals surface area contributed by atoms with E-state index in [1.807, 2.05) is 12.1 Å². The molecule has 0 amide bonds. The molecule has 0 fully saturated rings. The maximum absolute atomic E-state index is 5.70. The van der Waals surface area contributed by atoms with E-state index < -0.39 is 0 Å². The minimum Gasteiger partial charge on any atom is -0.423 e. The number of nitrogens with zero attached hydrogens (tertiary/aromatic N) is 2. The summed E-state index contributed by atoms with van der Waals surface area (Å²) in [5.41, 5.74) is 7.93. The van der Waals surface area contributed by atoms with Crippen LogP contribution in [0.5, 0.6) is 0 Å². The van der Waals surface area contributed by atoms with Gasteiger partial charge in [-0.25, -0.2) is 0 Å². The zero-order valence-electron chi connectivity index (χ0n) is 11.1. The Morgan fingerprint density at radius 3 is 2.94 bits per heavy atom. The largest absolute Gasteiger partial charge is 0.423 e. The van der Waals surface area contributed by atoms with Crippen molar-refractivity contribution < 1.29 is 4.42 Å². The van der Waals surface area contributed by atoms with Gasteiger partial charge in [0, 0.05) is 17.8 Å². The molecule has 2 rings (SSSR count). The third-order valence-electron chi connectivity index (χ3n) is 2.79. The molecule has 5 heteroatoms. The molecule has 5 nitrogen and oxygen atoms in total. The summed E-state index contributed by atoms with van der Waals surface area (Å²) in [7, 11) is 4.13. The van der Waals surface area contributed by atoms with Crippen molar-refractivity contribution in [1.82, 2.24) is 9.88 Å². The number of anilines is 2. The molecule has 0 radical (unpaired) electrons. The Balaban J connectivity index is 2.03. The molecule has 98 valence electrons. The van der Waals surface area contributed by atoms with Crippen LogP contribution in [0, 0.1) is 0 Å². The summed E-state index contributed by atoms with van der Waals surface area (Å²) in [4.78, 5) is 6.53. The number of oxazole rings is 1. The maximum Gasteiger partial charge on any atom is 0.295 e. The number of nitrogen functional groups attached to an aromatic ring is 1. The van der Waals surface area contributed by atoms with Gasteiger partial charge in [-0.2, -0.15) is 4.98 Å². The van der Waals surface area contributed by atoms with Crippen LogP contribution in [0.25, 0.3) is 11.1 Å². The van der Waals surface area contributed by atoms with Crippen molar-refractivity contribution in [2.75, 3.05) is 31.7 Å². The van der Waals surface area contributed by atoms with Crippen LogP contribution < -0.4 is 11.1 Å². The standard InChI is InChI=1S/C13H20N4O/c1-9(6-7-17(2)3)15-13-16-11-5-4-10(14)8-12(11)18-13/h4-5,8-9H,6-7,14H2,1-3H3,(H,15,16). The Bertz CT molecular complexity index is 521. The van der Waals surface area contributed by atoms with E-state index in [4.69, 9.17) is 10.2 Å². The van der Waals surface area contributed by atoms with Crippen molar-refractivity contribution in [3.63, 3.8) is 0 Å². The van der Waals surface area contributed by atoms with Gasteiger partial charge in [-0.05, 0) is 46.1 Å². The molecule has 1 aromatic carbocycles. The molecule has 0 aliphatic rings. The van der Waals surface area contributed by atoms with Crippen molar-refractivity contribution in [3.05, 3.63) is 18.2 Å². The highest BCUT2D eigenvalue weighted by molar-refractivity contribution is 5.78. The highest BCUT2D eigenvalue weighted by Gasteiger charge is 2.09. The second-order valence-electron chi connectivity index (χ2n) is 4.88. The molecule has 1 heterocycles. The van der Waals surface area contributed by atoms with Crippen LogP contribution in [-0.2, 0) is 0 Å². The predicted octanol–water partition coefficient (Wildman–Crippen LogP) is 2.16. The second-order valence-corrected chi connectivity index (χ2v) is 4.88. The molecule has 2 aromatic rings. The van der Waals surface area contributed by atoms with E-state index in [0.29, 0.717) is 17.7 Å². The van der Waals surface area contributed by atoms with E-state index in [2.05, 4.69) is 36.2 Å². The molecule has 18 heavy (non-hydrogen) atoms. The van der Waals surface area contributed by atoms with Crippen LogP contribution in [0.1, 0.15) is 13.3 Å². The van der Waals surface area contributed by atoms with Gasteiger partial charge in [0.05, 0.1) is 0 Å². The SMILES string of the molecule is CC(CCN(C)C)Nc1nc2ccc(N)cc2o1. The van der Waals surface area contributed by atoms with Crippen molar-refractivity contribution in [2.24, 2.45) is 0 Å². The Labute approximate surface area is 107 Å². The average Bonchev–Trinajstić information content (AvgIpc) is 2.67. The number of nitrogens with one attached hydrogen (secondary N) is 1. The van der Waals surface area contributed by atoms with E-state index in [1.165, 1.54) is 0 Å². The van der Waals surface area contributed by atoms with Crippen LogP contribution in [0.2, 0.25) is 0 Å². The van der Waals surface area contributed by atoms with Gasteiger partial charge in [0.1, 0.15) is 5.52 Å². The van der Waals surface area contributed by atoms with Gasteiger partial charge >= 0.3 is 0 Å². The molecule has 1 unspecified atom stereocenters. The van der Waals surface area contributed by atoms with Crippen molar-refractivity contribution in [1.29, 1.82) is 0 Å². The zero-order valence-corrected chi connectivity index (χ0v) is 11.1. The number of hydrogen-bond acceptors (Lipinski definition) is 5. The van der Waals surface area contributed by atoms with E-state index in [-0.39, 0.29) is 0 Å². The third kappa shape index (κ3) is 3.13. The highest BCUT2D eigenvalue weighted by Crippen LogP contribution is 2.21. The summed E-state index contributed by atoms with van der Waals surface area (Å²) < 4.78 is 5.61. The van der Waals surface area contributed by atoms with Gasteiger partial charge in [-0.1, -0.05) is 0 Å². The van der Waals surface area contributed by atoms with Gasteiger partial charge in [0.2, 0.25) is 0 Å². The summed E-state index contributed by atoms with van der Waals surface area (Å²) in [6, 6.07) is 6.35. The fraction of sp³-hybridized carbons (Fsp3) is 0.462. The van der Waals surface area contributed by atoms with Crippen LogP contribution in [0.3, 0.4) is 0 Å². The molecule has 0 spiro atoms. The van der Waals surface area contributed by atoms with Gasteiger partial charge in [-0.15, -0.1) is 0 Å². The Morgan fingerprint density at radius 2 is 2.22 bits per heavy atom. The molecule has 0 saturated heterocycles. The molecule has 0 aliphatic heterocycles. The Morgan fingerprint density at radius 1 is 1.44 bits per heavy atom. The van der Waals surface area contributed by atoms with E-state index in [0.717, 1.165) is 24.1 Å². The van der Waals surface area contributed by atoms with Gasteiger partial charge in [-0.3, -0.25) is 0 Å². The third-order valence-corrected chi connectivity index (χ3v) is 2.79. The van der Waals surface area contributed by atoms with Crippen molar-refractivity contribution >= 4 is 22.8 Å². The molecule has 1 atom stereocenters. The second kappa shape index (κ2) is 5.27. The summed E-state index contributed by atoms with van der Waals surface area (Å²) in [5, 5.41) is 3.26. The molecule has 0 bridgehead atoms. The lowest BCUT2D eigenvalue weighted by Gasteiger charge is -2.15. The molecular formula is C13H20N4O. The minimum atomic E-state index is 0.317. The molecular weight excluding hydrogens is 228 g/mol. The molecule has 3 N–H and O–H groups in total. The quantitative estimate of drug-likeness (QED) is 0.794. The van der Waals surface area contributed by atoms with E-state index in [9.17, 15) is 0 Å². The number of nitrogens with two attached hydrogens (primary N) is 1. The van der Waals surface area contributed by atoms with Crippen LogP contribution in [0.4, 0.5) is 11.7 Å². The maximum atomic E-state index is 5.70. The van der Waals surface area contributed by atoms with Gasteiger partial charge < -0.3 is 20.4 Å². The number of hydrogen-bond donors (Lipinski definition) is 2. The predicted molar refractivity (Wildman–Crippen MR) is 74.7 cm³/mol. The monoisotopic (exact) mass is 248 g/mol. The smallest absolute Gasteiger partial charge is 0.295 e. The first kappa shape index (κ1) is 12.7. The molecule has 0 aliphatic carbocycles. The van der Waals surface area contributed by atoms with Crippen LogP contribution >= 0.6 is 0 Å². The molecule has 1 aromatic heterocycles. The lowest BCUT2D eigenvalue weighted by atomic mass is 10.2. The summed E-state index contributed by atoms with van der Waals surface area (Å²) in [6.45, 7) is 3.15. The Kier molecular flexibility index (Phi) is 3.72. The summed E-state index contributed by atoms with van der Waals surface area (Å²) in [5.74, 6) is 0. The highest BCUT2D eigenvalue weighted by atomic mass is 16.4. The number of fused-ring (bicyclic) bond motifs is 1. The number of rotatable bonds is 5. The Hall–Kier alpha value is -1.75. The molecule has 0 saturated carbocycles. The lowest BCUT2D eigenvalue weighted by molar-refractivity contribution is 0.389. The first-order valence-corrected chi connectivity index (χ1v) is 6.12. The fourth-order valence-electron chi connectivity index (χ4n) is 1.74. The lowest BCUT2D eigenvalue weighted by Crippen LogP contribution is -2.23. The van der Waals surface area contributed by atoms with E-state index >= 15 is 0 Å². The van der Waals surface area contributed by atoms with Gasteiger partial charge in [0.15, 0.2) is 5.58 Å². The van der Waals surface area contributed by atoms with Crippen molar-refractivity contribution in [3.8, 4) is 0 Å². The normalized spacial score (nSPS) is 13.1. The zero-order chi connectivity index (χ0) is 13.1. The number of benzene rings is 1. The fourth-order valence-corrected chi connectivity index (χ4v) is 1.74. The van der Waals surface area contributed by atoms with Crippen LogP contribution in [0.15, 0.2) is 22.6 Å². The number of aromatic nitrogens is 1. The first-order chi connectivity index (χ1) is 8.54. The van der Waals surface area contributed by atoms with E-state index in [1.54, 1.807) is 6.07 Å². The van der Waals surface area contributed by atoms with Crippen LogP contribution in [-0.4, -0.2) is 36.6 Å². The summed E-state index contributed by atoms with van der Waals surface area (Å²) >= 11 is 0. The van der Waals surface area contributed by atoms with Gasteiger partial charge in [0.25, 0.3) is 6.01 Å².